The number of rotatable bonds is 5. The van der Waals surface area contributed by atoms with E-state index in [4.69, 9.17) is 0 Å². The van der Waals surface area contributed by atoms with E-state index in [0.717, 1.165) is 48.9 Å². The number of carbonyl (C=O) groups excluding carboxylic acids is 1. The van der Waals surface area contributed by atoms with E-state index in [1.54, 1.807) is 0 Å². The van der Waals surface area contributed by atoms with Gasteiger partial charge < -0.3 is 10.2 Å². The van der Waals surface area contributed by atoms with Crippen molar-refractivity contribution in [2.24, 2.45) is 0 Å². The van der Waals surface area contributed by atoms with Gasteiger partial charge in [-0.15, -0.1) is 0 Å². The van der Waals surface area contributed by atoms with Gasteiger partial charge in [0.1, 0.15) is 6.54 Å². The molecule has 0 saturated carbocycles. The van der Waals surface area contributed by atoms with E-state index in [9.17, 15) is 13.2 Å². The highest BCUT2D eigenvalue weighted by molar-refractivity contribution is 7.92. The first kappa shape index (κ1) is 19.7. The number of aryl methyl sites for hydroxylation is 3. The molecule has 1 aliphatic rings. The molecular formula is C18H29N3O3S. The lowest BCUT2D eigenvalue weighted by Gasteiger charge is -2.31. The lowest BCUT2D eigenvalue weighted by molar-refractivity contribution is -0.120. The van der Waals surface area contributed by atoms with Crippen molar-refractivity contribution in [2.75, 3.05) is 37.2 Å². The summed E-state index contributed by atoms with van der Waals surface area (Å²) in [5, 5.41) is 2.99. The fourth-order valence-corrected chi connectivity index (χ4v) is 4.46. The summed E-state index contributed by atoms with van der Waals surface area (Å²) in [5.41, 5.74) is 3.39. The van der Waals surface area contributed by atoms with Crippen LogP contribution in [0.4, 0.5) is 5.69 Å². The second-order valence-corrected chi connectivity index (χ2v) is 9.07. The van der Waals surface area contributed by atoms with Gasteiger partial charge in [0.25, 0.3) is 0 Å². The first-order valence-corrected chi connectivity index (χ1v) is 10.5. The van der Waals surface area contributed by atoms with Crippen molar-refractivity contribution < 1.29 is 13.2 Å². The molecule has 1 heterocycles. The first-order valence-electron chi connectivity index (χ1n) is 8.61. The fourth-order valence-electron chi connectivity index (χ4n) is 3.48. The average molecular weight is 368 g/mol. The third-order valence-corrected chi connectivity index (χ3v) is 5.77. The number of amides is 1. The predicted octanol–water partition coefficient (Wildman–Crippen LogP) is 1.59. The van der Waals surface area contributed by atoms with Crippen LogP contribution in [0, 0.1) is 20.8 Å². The van der Waals surface area contributed by atoms with E-state index in [-0.39, 0.29) is 18.5 Å². The Kier molecular flexibility index (Phi) is 6.11. The lowest BCUT2D eigenvalue weighted by atomic mass is 10.0. The second kappa shape index (κ2) is 7.74. The van der Waals surface area contributed by atoms with E-state index >= 15 is 0 Å². The van der Waals surface area contributed by atoms with Gasteiger partial charge in [-0.25, -0.2) is 8.42 Å². The average Bonchev–Trinajstić information content (AvgIpc) is 2.46. The number of nitrogens with zero attached hydrogens (tertiary/aromatic N) is 2. The summed E-state index contributed by atoms with van der Waals surface area (Å²) >= 11 is 0. The zero-order valence-corrected chi connectivity index (χ0v) is 16.6. The molecule has 140 valence electrons. The van der Waals surface area contributed by atoms with Crippen molar-refractivity contribution in [1.82, 2.24) is 10.2 Å². The number of carbonyl (C=O) groups is 1. The Balaban J connectivity index is 2.18. The zero-order valence-electron chi connectivity index (χ0n) is 15.8. The fraction of sp³-hybridized carbons (Fsp3) is 0.611. The molecule has 0 unspecified atom stereocenters. The lowest BCUT2D eigenvalue weighted by Crippen LogP contribution is -2.47. The maximum atomic E-state index is 12.5. The Hall–Kier alpha value is -1.60. The van der Waals surface area contributed by atoms with E-state index < -0.39 is 10.0 Å². The van der Waals surface area contributed by atoms with Crippen molar-refractivity contribution in [3.8, 4) is 0 Å². The molecule has 6 nitrogen and oxygen atoms in total. The highest BCUT2D eigenvalue weighted by Gasteiger charge is 2.26. The van der Waals surface area contributed by atoms with Gasteiger partial charge in [0.2, 0.25) is 15.9 Å². The van der Waals surface area contributed by atoms with Crippen LogP contribution in [0.25, 0.3) is 0 Å². The van der Waals surface area contributed by atoms with Crippen LogP contribution < -0.4 is 9.62 Å². The molecule has 1 N–H and O–H groups in total. The molecule has 1 saturated heterocycles. The summed E-state index contributed by atoms with van der Waals surface area (Å²) in [7, 11) is -1.49. The summed E-state index contributed by atoms with van der Waals surface area (Å²) in [6.07, 6.45) is 2.93. The predicted molar refractivity (Wildman–Crippen MR) is 102 cm³/mol. The summed E-state index contributed by atoms with van der Waals surface area (Å²) < 4.78 is 25.9. The van der Waals surface area contributed by atoms with E-state index in [1.165, 1.54) is 4.31 Å². The number of anilines is 1. The van der Waals surface area contributed by atoms with E-state index in [0.29, 0.717) is 5.69 Å². The van der Waals surface area contributed by atoms with Crippen molar-refractivity contribution >= 4 is 21.6 Å². The molecule has 0 bridgehead atoms. The summed E-state index contributed by atoms with van der Waals surface area (Å²) in [6.45, 7) is 7.43. The van der Waals surface area contributed by atoms with Gasteiger partial charge >= 0.3 is 0 Å². The van der Waals surface area contributed by atoms with Gasteiger partial charge in [-0.05, 0) is 64.9 Å². The Morgan fingerprint density at radius 3 is 2.20 bits per heavy atom. The highest BCUT2D eigenvalue weighted by atomic mass is 32.2. The second-order valence-electron chi connectivity index (χ2n) is 7.16. The Bertz CT molecular complexity index is 715. The Labute approximate surface area is 151 Å². The Morgan fingerprint density at radius 1 is 1.20 bits per heavy atom. The van der Waals surface area contributed by atoms with Gasteiger partial charge in [-0.1, -0.05) is 17.7 Å². The largest absolute Gasteiger partial charge is 0.352 e. The minimum absolute atomic E-state index is 0.116. The standard InChI is InChI=1S/C18H29N3O3S/c1-13-10-14(2)18(15(3)11-13)21(25(5,23)24)12-17(22)19-16-6-8-20(4)9-7-16/h10-11,16H,6-9,12H2,1-5H3,(H,19,22). The number of sulfonamides is 1. The van der Waals surface area contributed by atoms with Crippen LogP contribution in [0.5, 0.6) is 0 Å². The topological polar surface area (TPSA) is 69.7 Å². The van der Waals surface area contributed by atoms with Crippen LogP contribution in [-0.2, 0) is 14.8 Å². The van der Waals surface area contributed by atoms with Crippen molar-refractivity contribution in [3.63, 3.8) is 0 Å². The molecule has 1 aromatic rings. The molecule has 1 amide bonds. The maximum Gasteiger partial charge on any atom is 0.240 e. The number of piperidine rings is 1. The van der Waals surface area contributed by atoms with Gasteiger partial charge in [-0.3, -0.25) is 9.10 Å². The number of nitrogens with one attached hydrogen (secondary N) is 1. The van der Waals surface area contributed by atoms with Crippen LogP contribution in [0.2, 0.25) is 0 Å². The zero-order chi connectivity index (χ0) is 18.8. The van der Waals surface area contributed by atoms with Gasteiger partial charge in [-0.2, -0.15) is 0 Å². The van der Waals surface area contributed by atoms with Crippen LogP contribution >= 0.6 is 0 Å². The smallest absolute Gasteiger partial charge is 0.240 e. The number of hydrogen-bond donors (Lipinski definition) is 1. The molecule has 1 aliphatic heterocycles. The molecular weight excluding hydrogens is 338 g/mol. The molecule has 1 aromatic carbocycles. The van der Waals surface area contributed by atoms with Crippen LogP contribution in [0.1, 0.15) is 29.5 Å². The number of likely N-dealkylation sites (tertiary alicyclic amines) is 1. The monoisotopic (exact) mass is 367 g/mol. The van der Waals surface area contributed by atoms with Crippen LogP contribution in [-0.4, -0.2) is 58.2 Å². The maximum absolute atomic E-state index is 12.5. The van der Waals surface area contributed by atoms with Gasteiger partial charge in [0.15, 0.2) is 0 Å². The summed E-state index contributed by atoms with van der Waals surface area (Å²) in [4.78, 5) is 14.7. The molecule has 1 fully saturated rings. The number of benzene rings is 1. The van der Waals surface area contributed by atoms with Crippen molar-refractivity contribution in [1.29, 1.82) is 0 Å². The van der Waals surface area contributed by atoms with Crippen molar-refractivity contribution in [2.45, 2.75) is 39.7 Å². The third-order valence-electron chi connectivity index (χ3n) is 4.66. The minimum Gasteiger partial charge on any atom is -0.352 e. The third kappa shape index (κ3) is 5.19. The minimum atomic E-state index is -3.56. The Morgan fingerprint density at radius 2 is 1.72 bits per heavy atom. The molecule has 7 heteroatoms. The molecule has 25 heavy (non-hydrogen) atoms. The quantitative estimate of drug-likeness (QED) is 0.858. The van der Waals surface area contributed by atoms with E-state index in [2.05, 4.69) is 17.3 Å². The van der Waals surface area contributed by atoms with Crippen molar-refractivity contribution in [3.05, 3.63) is 28.8 Å². The van der Waals surface area contributed by atoms with Gasteiger partial charge in [0.05, 0.1) is 11.9 Å². The molecule has 0 atom stereocenters. The summed E-state index contributed by atoms with van der Waals surface area (Å²) in [5.74, 6) is -0.251. The van der Waals surface area contributed by atoms with Gasteiger partial charge in [0, 0.05) is 6.04 Å². The molecule has 0 radical (unpaired) electrons. The van der Waals surface area contributed by atoms with E-state index in [1.807, 2.05) is 32.9 Å². The molecule has 0 aromatic heterocycles. The SMILES string of the molecule is Cc1cc(C)c(N(CC(=O)NC2CCN(C)CC2)S(C)(=O)=O)c(C)c1. The van der Waals surface area contributed by atoms with Crippen LogP contribution in [0.15, 0.2) is 12.1 Å². The number of hydrogen-bond acceptors (Lipinski definition) is 4. The highest BCUT2D eigenvalue weighted by Crippen LogP contribution is 2.28. The van der Waals surface area contributed by atoms with Crippen LogP contribution in [0.3, 0.4) is 0 Å². The normalized spacial score (nSPS) is 16.7. The first-order chi connectivity index (χ1) is 11.6. The molecule has 0 spiro atoms. The summed E-state index contributed by atoms with van der Waals surface area (Å²) in [6, 6.07) is 4.00. The molecule has 0 aliphatic carbocycles. The molecule has 2 rings (SSSR count).